The minimum Gasteiger partial charge on any atom is -0.459 e. The molecular weight excluding hydrogens is 298 g/mol. The summed E-state index contributed by atoms with van der Waals surface area (Å²) >= 11 is 0. The van der Waals surface area contributed by atoms with Crippen molar-refractivity contribution in [3.63, 3.8) is 0 Å². The third kappa shape index (κ3) is 4.30. The van der Waals surface area contributed by atoms with Crippen LogP contribution in [0.1, 0.15) is 19.5 Å². The number of ether oxygens (including phenoxy) is 2. The standard InChI is InChI=1S/C12H15N3O7/c1-4-20-11(18)8(16)13-7-6(3)15-22-10(7)14-9(17)12(19)21-5-2/h4-5H2,1-3H3,(H,13,16)(H,14,17). The molecule has 120 valence electrons. The van der Waals surface area contributed by atoms with Gasteiger partial charge in [0.15, 0.2) is 0 Å². The number of esters is 2. The molecule has 1 aromatic rings. The monoisotopic (exact) mass is 313 g/mol. The first-order valence-corrected chi connectivity index (χ1v) is 6.33. The van der Waals surface area contributed by atoms with E-state index in [2.05, 4.69) is 25.3 Å². The summed E-state index contributed by atoms with van der Waals surface area (Å²) in [6.45, 7) is 4.59. The van der Waals surface area contributed by atoms with Crippen LogP contribution in [0.4, 0.5) is 11.6 Å². The molecule has 0 saturated carbocycles. The van der Waals surface area contributed by atoms with Gasteiger partial charge in [-0.05, 0) is 20.8 Å². The van der Waals surface area contributed by atoms with Gasteiger partial charge in [-0.15, -0.1) is 0 Å². The lowest BCUT2D eigenvalue weighted by Gasteiger charge is -2.06. The van der Waals surface area contributed by atoms with Gasteiger partial charge in [0.25, 0.3) is 5.88 Å². The van der Waals surface area contributed by atoms with Gasteiger partial charge in [0.1, 0.15) is 11.4 Å². The molecule has 0 saturated heterocycles. The maximum Gasteiger partial charge on any atom is 0.397 e. The van der Waals surface area contributed by atoms with Crippen LogP contribution in [0.25, 0.3) is 0 Å². The normalized spacial score (nSPS) is 9.77. The first-order chi connectivity index (χ1) is 10.4. The number of hydrogen-bond donors (Lipinski definition) is 2. The summed E-state index contributed by atoms with van der Waals surface area (Å²) in [5.41, 5.74) is 0.132. The summed E-state index contributed by atoms with van der Waals surface area (Å²) in [6, 6.07) is 0. The van der Waals surface area contributed by atoms with E-state index in [4.69, 9.17) is 4.52 Å². The lowest BCUT2D eigenvalue weighted by atomic mass is 10.3. The second kappa shape index (κ2) is 7.76. The van der Waals surface area contributed by atoms with Crippen LogP contribution >= 0.6 is 0 Å². The third-order valence-electron chi connectivity index (χ3n) is 2.25. The maximum absolute atomic E-state index is 11.6. The van der Waals surface area contributed by atoms with Gasteiger partial charge in [0.05, 0.1) is 13.2 Å². The van der Waals surface area contributed by atoms with Crippen molar-refractivity contribution >= 4 is 35.3 Å². The van der Waals surface area contributed by atoms with Crippen molar-refractivity contribution in [1.82, 2.24) is 5.16 Å². The van der Waals surface area contributed by atoms with Gasteiger partial charge in [-0.2, -0.15) is 0 Å². The molecule has 10 heteroatoms. The third-order valence-corrected chi connectivity index (χ3v) is 2.25. The molecule has 1 aromatic heterocycles. The number of nitrogens with one attached hydrogen (secondary N) is 2. The Bertz CT molecular complexity index is 594. The fourth-order valence-corrected chi connectivity index (χ4v) is 1.31. The van der Waals surface area contributed by atoms with Crippen LogP contribution in [0.5, 0.6) is 0 Å². The van der Waals surface area contributed by atoms with E-state index in [1.165, 1.54) is 13.8 Å². The van der Waals surface area contributed by atoms with Crippen molar-refractivity contribution in [2.24, 2.45) is 0 Å². The SMILES string of the molecule is CCOC(=O)C(=O)Nc1onc(C)c1NC(=O)C(=O)OCC. The van der Waals surface area contributed by atoms with Gasteiger partial charge in [0, 0.05) is 0 Å². The highest BCUT2D eigenvalue weighted by Gasteiger charge is 2.24. The minimum atomic E-state index is -1.13. The molecule has 22 heavy (non-hydrogen) atoms. The van der Waals surface area contributed by atoms with Crippen LogP contribution in [0, 0.1) is 6.92 Å². The summed E-state index contributed by atoms with van der Waals surface area (Å²) in [7, 11) is 0. The maximum atomic E-state index is 11.6. The average molecular weight is 313 g/mol. The lowest BCUT2D eigenvalue weighted by Crippen LogP contribution is -2.27. The quantitative estimate of drug-likeness (QED) is 0.584. The highest BCUT2D eigenvalue weighted by Crippen LogP contribution is 2.25. The first kappa shape index (κ1) is 17.1. The van der Waals surface area contributed by atoms with Gasteiger partial charge < -0.3 is 19.3 Å². The Morgan fingerprint density at radius 3 is 2.00 bits per heavy atom. The Balaban J connectivity index is 2.83. The predicted molar refractivity (Wildman–Crippen MR) is 71.8 cm³/mol. The lowest BCUT2D eigenvalue weighted by molar-refractivity contribution is -0.152. The molecule has 2 amide bonds. The zero-order chi connectivity index (χ0) is 16.7. The van der Waals surface area contributed by atoms with E-state index in [-0.39, 0.29) is 30.5 Å². The molecule has 0 radical (unpaired) electrons. The molecule has 0 aliphatic heterocycles. The fraction of sp³-hybridized carbons (Fsp3) is 0.417. The number of aryl methyl sites for hydroxylation is 1. The summed E-state index contributed by atoms with van der Waals surface area (Å²) in [5, 5.41) is 7.79. The van der Waals surface area contributed by atoms with Gasteiger partial charge >= 0.3 is 23.8 Å². The minimum absolute atomic E-state index is 0.0220. The number of nitrogens with zero attached hydrogens (tertiary/aromatic N) is 1. The number of amides is 2. The van der Waals surface area contributed by atoms with E-state index in [9.17, 15) is 19.2 Å². The Morgan fingerprint density at radius 2 is 1.50 bits per heavy atom. The summed E-state index contributed by atoms with van der Waals surface area (Å²) in [4.78, 5) is 45.6. The molecule has 0 aliphatic rings. The summed E-state index contributed by atoms with van der Waals surface area (Å²) in [5.74, 6) is -4.71. The molecule has 0 aliphatic carbocycles. The van der Waals surface area contributed by atoms with Crippen LogP contribution in [0.15, 0.2) is 4.52 Å². The molecule has 2 N–H and O–H groups in total. The zero-order valence-corrected chi connectivity index (χ0v) is 12.2. The molecule has 10 nitrogen and oxygen atoms in total. The number of aromatic nitrogens is 1. The number of rotatable bonds is 4. The number of carbonyl (C=O) groups is 4. The second-order valence-electron chi connectivity index (χ2n) is 3.82. The molecule has 0 bridgehead atoms. The largest absolute Gasteiger partial charge is 0.459 e. The van der Waals surface area contributed by atoms with Gasteiger partial charge in [0.2, 0.25) is 0 Å². The van der Waals surface area contributed by atoms with E-state index in [0.717, 1.165) is 0 Å². The Labute approximate surface area is 125 Å². The zero-order valence-electron chi connectivity index (χ0n) is 12.2. The molecular formula is C12H15N3O7. The van der Waals surface area contributed by atoms with Crippen molar-refractivity contribution in [3.05, 3.63) is 5.69 Å². The van der Waals surface area contributed by atoms with Crippen molar-refractivity contribution in [2.45, 2.75) is 20.8 Å². The molecule has 0 fully saturated rings. The number of anilines is 2. The number of hydrogen-bond acceptors (Lipinski definition) is 8. The van der Waals surface area contributed by atoms with E-state index in [1.807, 2.05) is 0 Å². The second-order valence-corrected chi connectivity index (χ2v) is 3.82. The molecule has 0 aromatic carbocycles. The Hall–Kier alpha value is -2.91. The van der Waals surface area contributed by atoms with Crippen LogP contribution in [-0.2, 0) is 28.7 Å². The van der Waals surface area contributed by atoms with Crippen molar-refractivity contribution in [2.75, 3.05) is 23.8 Å². The molecule has 0 atom stereocenters. The summed E-state index contributed by atoms with van der Waals surface area (Å²) in [6.07, 6.45) is 0. The first-order valence-electron chi connectivity index (χ1n) is 6.33. The smallest absolute Gasteiger partial charge is 0.397 e. The van der Waals surface area contributed by atoms with E-state index in [1.54, 1.807) is 6.92 Å². The number of carbonyl (C=O) groups excluding carboxylic acids is 4. The van der Waals surface area contributed by atoms with E-state index >= 15 is 0 Å². The Morgan fingerprint density at radius 1 is 1.00 bits per heavy atom. The van der Waals surface area contributed by atoms with Gasteiger partial charge in [-0.1, -0.05) is 5.16 Å². The molecule has 1 heterocycles. The van der Waals surface area contributed by atoms with Crippen LogP contribution in [-0.4, -0.2) is 42.1 Å². The van der Waals surface area contributed by atoms with E-state index in [0.29, 0.717) is 0 Å². The molecule has 0 spiro atoms. The highest BCUT2D eigenvalue weighted by molar-refractivity contribution is 6.39. The molecule has 1 rings (SSSR count). The topological polar surface area (TPSA) is 137 Å². The highest BCUT2D eigenvalue weighted by atomic mass is 16.5. The van der Waals surface area contributed by atoms with Crippen molar-refractivity contribution in [3.8, 4) is 0 Å². The van der Waals surface area contributed by atoms with Crippen molar-refractivity contribution < 1.29 is 33.2 Å². The fourth-order valence-electron chi connectivity index (χ4n) is 1.31. The van der Waals surface area contributed by atoms with Crippen LogP contribution in [0.2, 0.25) is 0 Å². The van der Waals surface area contributed by atoms with Crippen LogP contribution in [0.3, 0.4) is 0 Å². The average Bonchev–Trinajstić information content (AvgIpc) is 2.80. The van der Waals surface area contributed by atoms with Crippen molar-refractivity contribution in [1.29, 1.82) is 0 Å². The molecule has 0 unspecified atom stereocenters. The van der Waals surface area contributed by atoms with Gasteiger partial charge in [-0.3, -0.25) is 14.9 Å². The predicted octanol–water partition coefficient (Wildman–Crippen LogP) is -0.0138. The Kier molecular flexibility index (Phi) is 6.05. The summed E-state index contributed by atoms with van der Waals surface area (Å²) < 4.78 is 13.8. The van der Waals surface area contributed by atoms with E-state index < -0.39 is 23.8 Å². The van der Waals surface area contributed by atoms with Crippen LogP contribution < -0.4 is 10.6 Å². The van der Waals surface area contributed by atoms with Gasteiger partial charge in [-0.25, -0.2) is 9.59 Å².